The van der Waals surface area contributed by atoms with E-state index in [2.05, 4.69) is 18.0 Å². The molecular formula is C50H64FN3O11. The summed E-state index contributed by atoms with van der Waals surface area (Å²) in [5.74, 6) is -1.51. The van der Waals surface area contributed by atoms with Gasteiger partial charge >= 0.3 is 12.2 Å². The van der Waals surface area contributed by atoms with Gasteiger partial charge in [0.2, 0.25) is 5.79 Å². The highest BCUT2D eigenvalue weighted by atomic mass is 19.1. The Morgan fingerprint density at radius 2 is 1.71 bits per heavy atom. The van der Waals surface area contributed by atoms with Crippen LogP contribution in [0.1, 0.15) is 89.7 Å². The Kier molecular flexibility index (Phi) is 16.5. The summed E-state index contributed by atoms with van der Waals surface area (Å²) in [6.45, 7) is 11.7. The quantitative estimate of drug-likeness (QED) is 0.0562. The molecule has 1 fully saturated rings. The number of fused-ring (bicyclic) bond motifs is 2. The van der Waals surface area contributed by atoms with E-state index in [1.807, 2.05) is 26.8 Å². The SMILES string of the molecule is C=CCO[C@@]12Oc3ccc(OC(=O)Nc4ccc(OC)cc4OC)cc3[C@H]3[C@H](CCCCO)[C@@H](CCCCO)C=C(C(=NOC(C)(C)C)C[C@@H]1N(Cc1ccc(F)cc1)C(=O)OCC)[C@H]32. The van der Waals surface area contributed by atoms with Crippen LogP contribution in [0.15, 0.2) is 90.1 Å². The monoisotopic (exact) mass is 901 g/mol. The molecule has 2 amide bonds. The maximum absolute atomic E-state index is 14.4. The third kappa shape index (κ3) is 11.4. The summed E-state index contributed by atoms with van der Waals surface area (Å²) in [6.07, 6.45) is 6.72. The first-order valence-corrected chi connectivity index (χ1v) is 22.4. The molecule has 0 aromatic heterocycles. The van der Waals surface area contributed by atoms with Crippen LogP contribution >= 0.6 is 0 Å². The predicted octanol–water partition coefficient (Wildman–Crippen LogP) is 9.54. The Morgan fingerprint density at radius 3 is 2.37 bits per heavy atom. The number of hydrogen-bond acceptors (Lipinski definition) is 12. The first-order chi connectivity index (χ1) is 31.3. The normalized spacial score (nSPS) is 22.6. The highest BCUT2D eigenvalue weighted by Gasteiger charge is 2.65. The summed E-state index contributed by atoms with van der Waals surface area (Å²) in [7, 11) is 3.03. The Hall–Kier alpha value is -5.64. The number of rotatable bonds is 20. The zero-order valence-corrected chi connectivity index (χ0v) is 38.3. The molecule has 65 heavy (non-hydrogen) atoms. The van der Waals surface area contributed by atoms with Crippen LogP contribution in [0, 0.1) is 23.6 Å². The number of ether oxygens (including phenoxy) is 6. The van der Waals surface area contributed by atoms with Gasteiger partial charge < -0.3 is 43.5 Å². The van der Waals surface area contributed by atoms with Crippen molar-refractivity contribution in [3.8, 4) is 23.0 Å². The molecule has 1 heterocycles. The van der Waals surface area contributed by atoms with Crippen molar-refractivity contribution in [2.24, 2.45) is 22.9 Å². The number of nitrogens with one attached hydrogen (secondary N) is 1. The second-order valence-electron chi connectivity index (χ2n) is 17.5. The molecule has 3 N–H and O–H groups in total. The number of halogens is 1. The van der Waals surface area contributed by atoms with Crippen LogP contribution in [0.25, 0.3) is 0 Å². The molecule has 352 valence electrons. The third-order valence-corrected chi connectivity index (χ3v) is 12.1. The van der Waals surface area contributed by atoms with Crippen molar-refractivity contribution in [2.45, 2.75) is 103 Å². The molecule has 14 nitrogen and oxygen atoms in total. The Labute approximate surface area is 381 Å². The molecule has 1 saturated carbocycles. The van der Waals surface area contributed by atoms with Crippen LogP contribution in [-0.2, 0) is 20.9 Å². The molecule has 3 aromatic carbocycles. The van der Waals surface area contributed by atoms with Crippen molar-refractivity contribution < 1.29 is 57.5 Å². The molecule has 2 aliphatic carbocycles. The molecule has 6 atom stereocenters. The predicted molar refractivity (Wildman–Crippen MR) is 244 cm³/mol. The zero-order chi connectivity index (χ0) is 46.7. The highest BCUT2D eigenvalue weighted by molar-refractivity contribution is 6.03. The summed E-state index contributed by atoms with van der Waals surface area (Å²) < 4.78 is 51.1. The third-order valence-electron chi connectivity index (χ3n) is 12.1. The van der Waals surface area contributed by atoms with E-state index in [4.69, 9.17) is 38.4 Å². The number of hydrogen-bond donors (Lipinski definition) is 3. The molecule has 1 aliphatic heterocycles. The topological polar surface area (TPSA) is 167 Å². The van der Waals surface area contributed by atoms with Crippen LogP contribution in [0.5, 0.6) is 23.0 Å². The van der Waals surface area contributed by atoms with E-state index in [1.54, 1.807) is 60.4 Å². The molecule has 0 bridgehead atoms. The molecule has 6 rings (SSSR count). The Bertz CT molecular complexity index is 2170. The number of oxime groups is 1. The lowest BCUT2D eigenvalue weighted by Gasteiger charge is -2.60. The number of carbonyl (C=O) groups is 2. The van der Waals surface area contributed by atoms with Gasteiger partial charge in [0.15, 0.2) is 0 Å². The number of methoxy groups -OCH3 is 2. The van der Waals surface area contributed by atoms with E-state index in [0.29, 0.717) is 59.9 Å². The second-order valence-corrected chi connectivity index (χ2v) is 17.5. The summed E-state index contributed by atoms with van der Waals surface area (Å²) in [6, 6.07) is 15.3. The van der Waals surface area contributed by atoms with E-state index in [9.17, 15) is 24.2 Å². The van der Waals surface area contributed by atoms with Gasteiger partial charge in [-0.15, -0.1) is 6.58 Å². The number of aliphatic hydroxyl groups excluding tert-OH is 2. The van der Waals surface area contributed by atoms with Gasteiger partial charge in [-0.2, -0.15) is 0 Å². The maximum atomic E-state index is 14.4. The number of unbranched alkanes of at least 4 members (excludes halogenated alkanes) is 2. The second kappa shape index (κ2) is 22.0. The summed E-state index contributed by atoms with van der Waals surface area (Å²) in [4.78, 5) is 35.8. The van der Waals surface area contributed by atoms with E-state index in [0.717, 1.165) is 24.0 Å². The van der Waals surface area contributed by atoms with Crippen LogP contribution in [0.3, 0.4) is 0 Å². The van der Waals surface area contributed by atoms with Crippen LogP contribution < -0.4 is 24.3 Å². The van der Waals surface area contributed by atoms with Crippen molar-refractivity contribution in [3.05, 3.63) is 102 Å². The molecule has 0 unspecified atom stereocenters. The van der Waals surface area contributed by atoms with E-state index < -0.39 is 47.3 Å². The number of carbonyl (C=O) groups excluding carboxylic acids is 2. The fourth-order valence-electron chi connectivity index (χ4n) is 9.34. The number of aliphatic hydroxyl groups is 2. The minimum atomic E-state index is -1.58. The fourth-order valence-corrected chi connectivity index (χ4v) is 9.34. The number of nitrogens with zero attached hydrogens (tertiary/aromatic N) is 2. The molecule has 15 heteroatoms. The van der Waals surface area contributed by atoms with E-state index >= 15 is 0 Å². The van der Waals surface area contributed by atoms with Crippen molar-refractivity contribution >= 4 is 23.6 Å². The van der Waals surface area contributed by atoms with Crippen LogP contribution in [0.2, 0.25) is 0 Å². The van der Waals surface area contributed by atoms with Gasteiger partial charge in [-0.1, -0.05) is 42.3 Å². The standard InChI is InChI=1S/C50H64FN3O11/c1-8-26-62-50-44(54(48(58)61-9-2)31-32-16-18-34(51)19-17-32)30-41(53-65-49(3,4)5)38-27-33(14-10-12-24-55)37(15-11-13-25-56)45(46(38)50)39-28-36(21-23-42(39)64-50)63-47(57)52-40-22-20-35(59-6)29-43(40)60-7/h8,16-23,27-29,33,37,44-46,55-56H,1,9-15,24-26,30-31H2,2-7H3,(H,52,57)/t33-,37+,44-,45+,46+,50+/m0/s1. The molecule has 3 aromatic rings. The van der Waals surface area contributed by atoms with E-state index in [1.165, 1.54) is 26.4 Å². The molecular weight excluding hydrogens is 838 g/mol. The van der Waals surface area contributed by atoms with Crippen molar-refractivity contribution in [3.63, 3.8) is 0 Å². The summed E-state index contributed by atoms with van der Waals surface area (Å²) in [5.41, 5.74) is 2.54. The van der Waals surface area contributed by atoms with Gasteiger partial charge in [-0.3, -0.25) is 10.2 Å². The van der Waals surface area contributed by atoms with Crippen molar-refractivity contribution in [1.82, 2.24) is 4.90 Å². The van der Waals surface area contributed by atoms with Gasteiger partial charge in [-0.05, 0) is 119 Å². The van der Waals surface area contributed by atoms with Gasteiger partial charge in [0.25, 0.3) is 0 Å². The lowest BCUT2D eigenvalue weighted by molar-refractivity contribution is -0.256. The smallest absolute Gasteiger partial charge is 0.417 e. The molecule has 0 spiro atoms. The lowest BCUT2D eigenvalue weighted by Crippen LogP contribution is -2.70. The first-order valence-electron chi connectivity index (χ1n) is 22.4. The zero-order valence-electron chi connectivity index (χ0n) is 38.3. The van der Waals surface area contributed by atoms with Crippen LogP contribution in [-0.4, -0.2) is 91.1 Å². The van der Waals surface area contributed by atoms with Gasteiger partial charge in [0, 0.05) is 43.7 Å². The summed E-state index contributed by atoms with van der Waals surface area (Å²) in [5, 5.41) is 27.5. The molecule has 0 saturated heterocycles. The maximum Gasteiger partial charge on any atom is 0.417 e. The molecule has 3 aliphatic rings. The Morgan fingerprint density at radius 1 is 0.985 bits per heavy atom. The minimum Gasteiger partial charge on any atom is -0.497 e. The number of benzene rings is 3. The van der Waals surface area contributed by atoms with Crippen LogP contribution in [0.4, 0.5) is 19.7 Å². The van der Waals surface area contributed by atoms with Gasteiger partial charge in [-0.25, -0.2) is 14.0 Å². The summed E-state index contributed by atoms with van der Waals surface area (Å²) >= 11 is 0. The Balaban J connectivity index is 1.57. The minimum absolute atomic E-state index is 0.0215. The average Bonchev–Trinajstić information content (AvgIpc) is 3.28. The number of allylic oxidation sites excluding steroid dienone is 1. The lowest BCUT2D eigenvalue weighted by atomic mass is 9.55. The number of anilines is 1. The van der Waals surface area contributed by atoms with E-state index in [-0.39, 0.29) is 57.0 Å². The fraction of sp³-hybridized carbons (Fsp3) is 0.500. The number of amides is 2. The molecule has 0 radical (unpaired) electrons. The average molecular weight is 902 g/mol. The van der Waals surface area contributed by atoms with Crippen molar-refractivity contribution in [2.75, 3.05) is 46.0 Å². The van der Waals surface area contributed by atoms with Gasteiger partial charge in [0.05, 0.1) is 44.8 Å². The van der Waals surface area contributed by atoms with Crippen molar-refractivity contribution in [1.29, 1.82) is 0 Å². The largest absolute Gasteiger partial charge is 0.497 e. The first kappa shape index (κ1) is 48.8. The highest BCUT2D eigenvalue weighted by Crippen LogP contribution is 2.62. The van der Waals surface area contributed by atoms with Gasteiger partial charge in [0.1, 0.15) is 40.5 Å².